The standard InChI is InChI=1S/C18H21NO3/c1-19-8-7-18-11-4-5-13(20)17(18)22-16-14(21-2)6-3-10(15(16)18)9-12(11)19/h3,6,11-12,17H,4-5,7-9H2,1-2H3/t11-,12+,17?,18-/m0/s1/i1D3,5D2,9D2. The third-order valence-electron chi connectivity index (χ3n) is 5.69. The Morgan fingerprint density at radius 2 is 2.45 bits per heavy atom. The normalized spacial score (nSPS) is 48.3. The highest BCUT2D eigenvalue weighted by atomic mass is 16.5. The molecule has 4 nitrogen and oxygen atoms in total. The van der Waals surface area contributed by atoms with Crippen molar-refractivity contribution in [1.82, 2.24) is 4.90 Å². The lowest BCUT2D eigenvalue weighted by Gasteiger charge is -2.57. The van der Waals surface area contributed by atoms with Gasteiger partial charge in [0.05, 0.1) is 7.11 Å². The first kappa shape index (κ1) is 7.82. The highest BCUT2D eigenvalue weighted by molar-refractivity contribution is 5.89. The Morgan fingerprint density at radius 1 is 1.55 bits per heavy atom. The maximum atomic E-state index is 13.1. The molecule has 1 aromatic carbocycles. The fourth-order valence-electron chi connectivity index (χ4n) is 4.76. The fourth-order valence-corrected chi connectivity index (χ4v) is 4.76. The lowest BCUT2D eigenvalue weighted by atomic mass is 9.52. The van der Waals surface area contributed by atoms with Crippen LogP contribution in [0.4, 0.5) is 0 Å². The number of nitrogens with zero attached hydrogens (tertiary/aromatic N) is 1. The number of hydrogen-bond acceptors (Lipinski definition) is 4. The van der Waals surface area contributed by atoms with E-state index in [0.29, 0.717) is 16.9 Å². The van der Waals surface area contributed by atoms with Crippen LogP contribution in [0.1, 0.15) is 39.9 Å². The van der Waals surface area contributed by atoms with Gasteiger partial charge in [-0.15, -0.1) is 0 Å². The molecule has 2 bridgehead atoms. The summed E-state index contributed by atoms with van der Waals surface area (Å²) in [6.07, 6.45) is -5.36. The van der Waals surface area contributed by atoms with E-state index in [-0.39, 0.29) is 25.1 Å². The molecule has 1 saturated heterocycles. The maximum Gasteiger partial charge on any atom is 0.174 e. The van der Waals surface area contributed by atoms with Crippen LogP contribution >= 0.6 is 0 Å². The van der Waals surface area contributed by atoms with E-state index < -0.39 is 49.0 Å². The Morgan fingerprint density at radius 3 is 3.27 bits per heavy atom. The van der Waals surface area contributed by atoms with Gasteiger partial charge in [0.15, 0.2) is 23.4 Å². The quantitative estimate of drug-likeness (QED) is 0.795. The van der Waals surface area contributed by atoms with Gasteiger partial charge in [-0.05, 0) is 50.3 Å². The molecule has 2 fully saturated rings. The first-order valence-electron chi connectivity index (χ1n) is 11.1. The van der Waals surface area contributed by atoms with Gasteiger partial charge in [-0.3, -0.25) is 4.79 Å². The molecule has 2 aliphatic carbocycles. The zero-order valence-electron chi connectivity index (χ0n) is 19.2. The molecule has 2 heterocycles. The molecule has 22 heavy (non-hydrogen) atoms. The summed E-state index contributed by atoms with van der Waals surface area (Å²) in [5.74, 6) is -0.727. The van der Waals surface area contributed by atoms with Gasteiger partial charge < -0.3 is 14.4 Å². The summed E-state index contributed by atoms with van der Waals surface area (Å²) in [7, 11) is 1.46. The minimum atomic E-state index is -2.53. The number of carbonyl (C=O) groups is 1. The van der Waals surface area contributed by atoms with Crippen molar-refractivity contribution in [2.75, 3.05) is 20.6 Å². The minimum absolute atomic E-state index is 0.0728. The summed E-state index contributed by atoms with van der Waals surface area (Å²) in [6, 6.07) is 2.06. The number of likely N-dealkylation sites (tertiary alicyclic amines) is 1. The number of likely N-dealkylation sites (N-methyl/N-ethyl adjacent to an activating group) is 1. The summed E-state index contributed by atoms with van der Waals surface area (Å²) in [5.41, 5.74) is -0.0803. The lowest BCUT2D eigenvalue weighted by Crippen LogP contribution is -2.65. The molecule has 5 rings (SSSR count). The van der Waals surface area contributed by atoms with Crippen LogP contribution in [0.2, 0.25) is 0 Å². The SMILES string of the molecule is [2H]C1([2H])C[C@H]2[C@@H]3N(C([2H])([2H])[2H])CC[C@@]24c2c(ccc(OC)c2OC4C1=O)C3([2H])[2H]. The molecule has 0 N–H and O–H groups in total. The molecule has 1 spiro atoms. The predicted octanol–water partition coefficient (Wildman–Crippen LogP) is 1.93. The van der Waals surface area contributed by atoms with Crippen molar-refractivity contribution in [2.24, 2.45) is 5.92 Å². The van der Waals surface area contributed by atoms with Crippen LogP contribution in [0.25, 0.3) is 0 Å². The average molecular weight is 306 g/mol. The Labute approximate surface area is 140 Å². The van der Waals surface area contributed by atoms with E-state index in [0.717, 1.165) is 0 Å². The first-order chi connectivity index (χ1) is 13.4. The number of piperidine rings is 1. The molecule has 1 saturated carbocycles. The molecule has 116 valence electrons. The Bertz CT molecular complexity index is 931. The van der Waals surface area contributed by atoms with Crippen molar-refractivity contribution in [2.45, 2.75) is 43.1 Å². The topological polar surface area (TPSA) is 38.8 Å². The number of rotatable bonds is 1. The Kier molecular flexibility index (Phi) is 1.44. The van der Waals surface area contributed by atoms with Gasteiger partial charge in [-0.2, -0.15) is 0 Å². The summed E-state index contributed by atoms with van der Waals surface area (Å²) in [6.45, 7) is -2.46. The van der Waals surface area contributed by atoms with E-state index in [1.807, 2.05) is 0 Å². The summed E-state index contributed by atoms with van der Waals surface area (Å²) in [4.78, 5) is 14.2. The maximum absolute atomic E-state index is 13.1. The van der Waals surface area contributed by atoms with Crippen molar-refractivity contribution in [3.63, 3.8) is 0 Å². The predicted molar refractivity (Wildman–Crippen MR) is 81.6 cm³/mol. The van der Waals surface area contributed by atoms with E-state index in [1.54, 1.807) is 12.1 Å². The van der Waals surface area contributed by atoms with Gasteiger partial charge in [0.1, 0.15) is 0 Å². The van der Waals surface area contributed by atoms with Gasteiger partial charge in [0.2, 0.25) is 0 Å². The number of benzene rings is 1. The molecule has 4 atom stereocenters. The van der Waals surface area contributed by atoms with Gasteiger partial charge in [-0.25, -0.2) is 0 Å². The van der Waals surface area contributed by atoms with E-state index in [1.165, 1.54) is 12.0 Å². The van der Waals surface area contributed by atoms with E-state index in [2.05, 4.69) is 0 Å². The molecule has 0 amide bonds. The van der Waals surface area contributed by atoms with Crippen molar-refractivity contribution in [3.05, 3.63) is 23.3 Å². The number of hydrogen-bond donors (Lipinski definition) is 0. The molecule has 1 aromatic rings. The molecule has 4 aliphatic rings. The van der Waals surface area contributed by atoms with Crippen LogP contribution in [-0.4, -0.2) is 43.5 Å². The lowest BCUT2D eigenvalue weighted by molar-refractivity contribution is -0.138. The second-order valence-electron chi connectivity index (χ2n) is 6.44. The highest BCUT2D eigenvalue weighted by Crippen LogP contribution is 2.62. The Hall–Kier alpha value is -1.55. The largest absolute Gasteiger partial charge is 0.493 e. The second-order valence-corrected chi connectivity index (χ2v) is 6.44. The molecule has 4 heteroatoms. The van der Waals surface area contributed by atoms with Crippen molar-refractivity contribution in [3.8, 4) is 11.5 Å². The van der Waals surface area contributed by atoms with Crippen LogP contribution in [0.5, 0.6) is 11.5 Å². The van der Waals surface area contributed by atoms with Crippen LogP contribution in [-0.2, 0) is 16.6 Å². The molecule has 0 radical (unpaired) electrons. The van der Waals surface area contributed by atoms with Gasteiger partial charge in [0, 0.05) is 33.0 Å². The smallest absolute Gasteiger partial charge is 0.174 e. The number of Topliss-reactive ketones (excluding diaryl/α,β-unsaturated/α-hetero) is 1. The summed E-state index contributed by atoms with van der Waals surface area (Å²) >= 11 is 0. The van der Waals surface area contributed by atoms with Crippen molar-refractivity contribution >= 4 is 5.78 Å². The van der Waals surface area contributed by atoms with Crippen LogP contribution in [0.15, 0.2) is 12.1 Å². The zero-order valence-corrected chi connectivity index (χ0v) is 12.2. The Balaban J connectivity index is 1.85. The fraction of sp³-hybridized carbons (Fsp3) is 0.611. The number of carbonyl (C=O) groups excluding carboxylic acids is 1. The average Bonchev–Trinajstić information content (AvgIpc) is 2.95. The monoisotopic (exact) mass is 306 g/mol. The van der Waals surface area contributed by atoms with E-state index >= 15 is 0 Å². The third kappa shape index (κ3) is 1.27. The molecular weight excluding hydrogens is 278 g/mol. The minimum Gasteiger partial charge on any atom is -0.493 e. The first-order valence-corrected chi connectivity index (χ1v) is 7.57. The number of ketones is 1. The third-order valence-corrected chi connectivity index (χ3v) is 5.69. The second kappa shape index (κ2) is 4.05. The van der Waals surface area contributed by atoms with E-state index in [9.17, 15) is 4.79 Å². The van der Waals surface area contributed by atoms with Gasteiger partial charge >= 0.3 is 0 Å². The van der Waals surface area contributed by atoms with Gasteiger partial charge in [-0.1, -0.05) is 6.07 Å². The summed E-state index contributed by atoms with van der Waals surface area (Å²) in [5, 5.41) is 0. The van der Waals surface area contributed by atoms with Crippen LogP contribution in [0, 0.1) is 5.92 Å². The summed E-state index contributed by atoms with van der Waals surface area (Å²) < 4.78 is 69.7. The van der Waals surface area contributed by atoms with Crippen molar-refractivity contribution < 1.29 is 23.9 Å². The number of ether oxygens (including phenoxy) is 2. The van der Waals surface area contributed by atoms with Crippen molar-refractivity contribution in [1.29, 1.82) is 0 Å². The van der Waals surface area contributed by atoms with E-state index in [4.69, 9.17) is 19.1 Å². The molecule has 2 aliphatic heterocycles. The molecular formula is C18H21NO3. The van der Waals surface area contributed by atoms with Crippen LogP contribution < -0.4 is 9.47 Å². The van der Waals surface area contributed by atoms with Crippen LogP contribution in [0.3, 0.4) is 0 Å². The highest BCUT2D eigenvalue weighted by Gasteiger charge is 2.65. The molecule has 0 aromatic heterocycles. The number of methoxy groups -OCH3 is 1. The molecule has 1 unspecified atom stereocenters. The van der Waals surface area contributed by atoms with Gasteiger partial charge in [0.25, 0.3) is 0 Å². The zero-order chi connectivity index (χ0) is 21.1.